The molecule has 2 aromatic heterocycles. The number of aliphatic hydroxyl groups excluding tert-OH is 1. The minimum Gasteiger partial charge on any atom is -0.508 e. The van der Waals surface area contributed by atoms with Crippen LogP contribution in [0.4, 0.5) is 10.2 Å². The van der Waals surface area contributed by atoms with Crippen molar-refractivity contribution in [3.05, 3.63) is 65.7 Å². The van der Waals surface area contributed by atoms with Crippen molar-refractivity contribution in [2.45, 2.75) is 25.7 Å². The lowest BCUT2D eigenvalue weighted by Crippen LogP contribution is -2.37. The number of fused-ring (bicyclic) bond motifs is 1. The molecule has 1 fully saturated rings. The second kappa shape index (κ2) is 9.19. The highest BCUT2D eigenvalue weighted by atomic mass is 19.1. The van der Waals surface area contributed by atoms with Crippen LogP contribution < -0.4 is 4.90 Å². The zero-order chi connectivity index (χ0) is 21.8. The molecule has 2 aliphatic rings. The summed E-state index contributed by atoms with van der Waals surface area (Å²) in [5, 5.41) is 9.79. The van der Waals surface area contributed by atoms with Gasteiger partial charge in [0.25, 0.3) is 0 Å². The van der Waals surface area contributed by atoms with Crippen LogP contribution in [-0.2, 0) is 4.74 Å². The van der Waals surface area contributed by atoms with E-state index in [0.29, 0.717) is 43.0 Å². The quantitative estimate of drug-likeness (QED) is 0.730. The molecule has 6 nitrogen and oxygen atoms in total. The summed E-state index contributed by atoms with van der Waals surface area (Å²) in [6.45, 7) is 4.14. The van der Waals surface area contributed by atoms with E-state index in [-0.39, 0.29) is 17.5 Å². The molecule has 160 valence electrons. The molecule has 1 atom stereocenters. The molecule has 31 heavy (non-hydrogen) atoms. The summed E-state index contributed by atoms with van der Waals surface area (Å²) < 4.78 is 22.2. The maximum Gasteiger partial charge on any atom is 0.181 e. The molecule has 1 aliphatic carbocycles. The van der Waals surface area contributed by atoms with Crippen molar-refractivity contribution < 1.29 is 14.2 Å². The van der Waals surface area contributed by atoms with Crippen LogP contribution in [0.5, 0.6) is 0 Å². The third-order valence-electron chi connectivity index (χ3n) is 5.54. The van der Waals surface area contributed by atoms with E-state index in [2.05, 4.69) is 15.8 Å². The fourth-order valence-electron chi connectivity index (χ4n) is 4.01. The molecule has 1 aliphatic heterocycles. The van der Waals surface area contributed by atoms with Gasteiger partial charge in [-0.3, -0.25) is 4.40 Å². The second-order valence-corrected chi connectivity index (χ2v) is 7.51. The highest BCUT2D eigenvalue weighted by Crippen LogP contribution is 2.37. The van der Waals surface area contributed by atoms with Crippen molar-refractivity contribution in [1.29, 1.82) is 0 Å². The van der Waals surface area contributed by atoms with Gasteiger partial charge in [0.15, 0.2) is 11.5 Å². The van der Waals surface area contributed by atoms with Crippen LogP contribution in [0.15, 0.2) is 54.4 Å². The summed E-state index contributed by atoms with van der Waals surface area (Å²) in [5.74, 6) is 3.07. The summed E-state index contributed by atoms with van der Waals surface area (Å²) in [7, 11) is 0. The predicted molar refractivity (Wildman–Crippen MR) is 120 cm³/mol. The monoisotopic (exact) mass is 420 g/mol. The Kier molecular flexibility index (Phi) is 6.19. The molecule has 3 heterocycles. The van der Waals surface area contributed by atoms with Crippen LogP contribution >= 0.6 is 0 Å². The number of imidazole rings is 1. The number of hydrogen-bond donors (Lipinski definition) is 1. The van der Waals surface area contributed by atoms with Crippen LogP contribution in [0, 0.1) is 12.3 Å². The van der Waals surface area contributed by atoms with Crippen molar-refractivity contribution in [1.82, 2.24) is 14.4 Å². The van der Waals surface area contributed by atoms with E-state index >= 15 is 0 Å². The van der Waals surface area contributed by atoms with Crippen molar-refractivity contribution >= 4 is 17.0 Å². The van der Waals surface area contributed by atoms with Gasteiger partial charge >= 0.3 is 0 Å². The van der Waals surface area contributed by atoms with Crippen molar-refractivity contribution in [2.75, 3.05) is 31.2 Å². The Balaban J connectivity index is 1.90. The molecule has 2 aromatic rings. The van der Waals surface area contributed by atoms with E-state index in [0.717, 1.165) is 24.6 Å². The molecule has 1 saturated heterocycles. The first-order valence-electron chi connectivity index (χ1n) is 10.3. The van der Waals surface area contributed by atoms with E-state index in [1.165, 1.54) is 6.92 Å². The van der Waals surface area contributed by atoms with E-state index in [1.807, 2.05) is 16.7 Å². The number of aromatic nitrogens is 3. The summed E-state index contributed by atoms with van der Waals surface area (Å²) in [5.41, 5.74) is 2.63. The average molecular weight is 420 g/mol. The number of ether oxygens (including phenoxy) is 1. The summed E-state index contributed by atoms with van der Waals surface area (Å²) in [6, 6.07) is 0. The number of halogens is 1. The lowest BCUT2D eigenvalue weighted by Gasteiger charge is -2.27. The number of nitrogens with zero attached hydrogens (tertiary/aromatic N) is 4. The minimum atomic E-state index is -0.301. The number of morpholine rings is 1. The van der Waals surface area contributed by atoms with Gasteiger partial charge in [0.2, 0.25) is 0 Å². The van der Waals surface area contributed by atoms with Gasteiger partial charge in [0, 0.05) is 37.0 Å². The Bertz CT molecular complexity index is 1130. The van der Waals surface area contributed by atoms with E-state index < -0.39 is 0 Å². The van der Waals surface area contributed by atoms with Crippen LogP contribution in [0.1, 0.15) is 37.1 Å². The van der Waals surface area contributed by atoms with Crippen molar-refractivity contribution in [2.24, 2.45) is 0 Å². The summed E-state index contributed by atoms with van der Waals surface area (Å²) >= 11 is 0. The van der Waals surface area contributed by atoms with E-state index in [4.69, 9.17) is 16.1 Å². The zero-order valence-corrected chi connectivity index (χ0v) is 17.5. The molecule has 0 saturated carbocycles. The van der Waals surface area contributed by atoms with Crippen LogP contribution in [-0.4, -0.2) is 45.8 Å². The third kappa shape index (κ3) is 4.25. The first kappa shape index (κ1) is 20.9. The van der Waals surface area contributed by atoms with Gasteiger partial charge in [0.05, 0.1) is 24.6 Å². The highest BCUT2D eigenvalue weighted by Gasteiger charge is 2.27. The topological polar surface area (TPSA) is 62.9 Å². The van der Waals surface area contributed by atoms with E-state index in [9.17, 15) is 9.50 Å². The number of terminal acetylenes is 1. The fourth-order valence-corrected chi connectivity index (χ4v) is 4.01. The van der Waals surface area contributed by atoms with Crippen LogP contribution in [0.25, 0.3) is 11.2 Å². The molecular weight excluding hydrogens is 395 g/mol. The summed E-state index contributed by atoms with van der Waals surface area (Å²) in [4.78, 5) is 11.6. The Morgan fingerprint density at radius 2 is 2.23 bits per heavy atom. The molecule has 1 N–H and O–H groups in total. The first-order valence-corrected chi connectivity index (χ1v) is 10.3. The number of allylic oxidation sites excluding steroid dienone is 7. The first-order chi connectivity index (χ1) is 15.1. The standard InChI is InChI=1S/C24H25FN4O2/c1-3-4-5-6-20(17(2)25)21-22(18-7-9-19(30)10-8-18)29-12-11-26-23(24(29)27-21)28-13-15-31-16-14-28/h1,4-5,7,9-12,18,30H,6,8,13-16H2,2H3/b5-4-,20-17-. The Hall–Kier alpha value is -3.37. The third-order valence-corrected chi connectivity index (χ3v) is 5.54. The number of anilines is 1. The lowest BCUT2D eigenvalue weighted by molar-refractivity contribution is 0.122. The Labute approximate surface area is 181 Å². The predicted octanol–water partition coefficient (Wildman–Crippen LogP) is 4.33. The molecular formula is C24H25FN4O2. The van der Waals surface area contributed by atoms with Crippen LogP contribution in [0.2, 0.25) is 0 Å². The van der Waals surface area contributed by atoms with Gasteiger partial charge < -0.3 is 14.7 Å². The maximum absolute atomic E-state index is 14.7. The zero-order valence-electron chi connectivity index (χ0n) is 17.5. The van der Waals surface area contributed by atoms with Gasteiger partial charge in [-0.2, -0.15) is 0 Å². The number of aliphatic hydroxyl groups is 1. The van der Waals surface area contributed by atoms with Crippen molar-refractivity contribution in [3.8, 4) is 12.3 Å². The SMILES string of the molecule is C#C/C=C\C/C(=C(\C)F)c1nc2c(N3CCOCC3)nccn2c1C1C=CC(O)=CC1. The van der Waals surface area contributed by atoms with Crippen LogP contribution in [0.3, 0.4) is 0 Å². The van der Waals surface area contributed by atoms with Gasteiger partial charge in [-0.15, -0.1) is 6.42 Å². The molecule has 0 amide bonds. The van der Waals surface area contributed by atoms with Gasteiger partial charge in [-0.1, -0.05) is 18.1 Å². The largest absolute Gasteiger partial charge is 0.508 e. The minimum absolute atomic E-state index is 0.0631. The highest BCUT2D eigenvalue weighted by molar-refractivity contribution is 5.75. The average Bonchev–Trinajstić information content (AvgIpc) is 3.17. The van der Waals surface area contributed by atoms with Crippen molar-refractivity contribution in [3.63, 3.8) is 0 Å². The van der Waals surface area contributed by atoms with Gasteiger partial charge in [-0.25, -0.2) is 14.4 Å². The molecule has 7 heteroatoms. The molecule has 0 radical (unpaired) electrons. The number of hydrogen-bond acceptors (Lipinski definition) is 5. The molecule has 0 aromatic carbocycles. The van der Waals surface area contributed by atoms with E-state index in [1.54, 1.807) is 30.5 Å². The van der Waals surface area contributed by atoms with Gasteiger partial charge in [0.1, 0.15) is 11.6 Å². The summed E-state index contributed by atoms with van der Waals surface area (Å²) in [6.07, 6.45) is 18.6. The molecule has 4 rings (SSSR count). The fraction of sp³-hybridized carbons (Fsp3) is 0.333. The lowest BCUT2D eigenvalue weighted by atomic mass is 9.92. The smallest absolute Gasteiger partial charge is 0.181 e. The normalized spacial score (nSPS) is 20.1. The molecule has 0 spiro atoms. The van der Waals surface area contributed by atoms with Gasteiger partial charge in [-0.05, 0) is 38.0 Å². The molecule has 1 unspecified atom stereocenters. The molecule has 0 bridgehead atoms. The second-order valence-electron chi connectivity index (χ2n) is 7.51. The Morgan fingerprint density at radius 1 is 1.42 bits per heavy atom. The number of rotatable bonds is 5. The Morgan fingerprint density at radius 3 is 2.90 bits per heavy atom. The maximum atomic E-state index is 14.7.